The molecular formula is C13H16B3BrFN5O3S. The van der Waals surface area contributed by atoms with Crippen molar-refractivity contribution in [2.45, 2.75) is 21.8 Å². The first-order valence-electron chi connectivity index (χ1n) is 8.07. The molecule has 1 saturated heterocycles. The lowest BCUT2D eigenvalue weighted by molar-refractivity contribution is 0.193. The monoisotopic (exact) mass is 453 g/mol. The van der Waals surface area contributed by atoms with Gasteiger partial charge >= 0.3 is 0 Å². The number of rotatable bonds is 4. The molecular weight excluding hydrogens is 438 g/mol. The average Bonchev–Trinajstić information content (AvgIpc) is 3.10. The van der Waals surface area contributed by atoms with Gasteiger partial charge in [0.15, 0.2) is 32.1 Å². The van der Waals surface area contributed by atoms with Crippen LogP contribution in [0.2, 0.25) is 0 Å². The number of nitrogens with one attached hydrogen (secondary N) is 3. The summed E-state index contributed by atoms with van der Waals surface area (Å²) in [6.45, 7) is 0. The Morgan fingerprint density at radius 3 is 2.74 bits per heavy atom. The topological polar surface area (TPSA) is 130 Å². The number of nitrogens with zero attached hydrogens (tertiary/aromatic N) is 2. The zero-order valence-electron chi connectivity index (χ0n) is 14.8. The molecule has 0 bridgehead atoms. The van der Waals surface area contributed by atoms with Crippen LogP contribution >= 0.6 is 15.9 Å². The molecule has 2 heterocycles. The number of amidine groups is 1. The van der Waals surface area contributed by atoms with Crippen LogP contribution < -0.4 is 10.6 Å². The summed E-state index contributed by atoms with van der Waals surface area (Å²) in [4.78, 5) is -1.48. The van der Waals surface area contributed by atoms with Crippen molar-refractivity contribution in [2.24, 2.45) is 0 Å². The minimum absolute atomic E-state index is 0.0849. The number of hydrogen-bond acceptors (Lipinski definition) is 7. The van der Waals surface area contributed by atoms with Crippen molar-refractivity contribution in [3.05, 3.63) is 34.2 Å². The highest BCUT2D eigenvalue weighted by Gasteiger charge is 2.58. The van der Waals surface area contributed by atoms with Crippen LogP contribution in [0.25, 0.3) is 0 Å². The highest BCUT2D eigenvalue weighted by atomic mass is 79.9. The number of aromatic nitrogens is 2. The molecule has 0 spiro atoms. The second kappa shape index (κ2) is 7.15. The molecule has 1 fully saturated rings. The molecule has 0 saturated carbocycles. The molecule has 0 aliphatic carbocycles. The van der Waals surface area contributed by atoms with Gasteiger partial charge in [0, 0.05) is 12.1 Å². The van der Waals surface area contributed by atoms with Crippen molar-refractivity contribution in [1.29, 1.82) is 5.41 Å². The summed E-state index contributed by atoms with van der Waals surface area (Å²) in [5.41, 5.74) is 0.555. The van der Waals surface area contributed by atoms with Gasteiger partial charge in [-0.3, -0.25) is 5.41 Å². The molecule has 1 aromatic heterocycles. The minimum atomic E-state index is -1.48. The molecule has 2 aromatic rings. The lowest BCUT2D eigenvalue weighted by Gasteiger charge is -2.30. The van der Waals surface area contributed by atoms with E-state index >= 15 is 0 Å². The van der Waals surface area contributed by atoms with Crippen molar-refractivity contribution in [1.82, 2.24) is 10.3 Å². The molecule has 3 atom stereocenters. The largest absolute Gasteiger partial charge is 0.615 e. The summed E-state index contributed by atoms with van der Waals surface area (Å²) >= 11 is 1.60. The first-order chi connectivity index (χ1) is 12.5. The van der Waals surface area contributed by atoms with Gasteiger partial charge < -0.3 is 20.3 Å². The Bertz CT molecular complexity index is 887. The van der Waals surface area contributed by atoms with E-state index < -0.39 is 32.4 Å². The van der Waals surface area contributed by atoms with E-state index in [9.17, 15) is 14.0 Å². The Morgan fingerprint density at radius 1 is 1.44 bits per heavy atom. The summed E-state index contributed by atoms with van der Waals surface area (Å²) in [5, 5.41) is 32.1. The maximum atomic E-state index is 13.3. The van der Waals surface area contributed by atoms with Gasteiger partial charge in [-0.1, -0.05) is 0 Å². The van der Waals surface area contributed by atoms with Crippen molar-refractivity contribution in [2.75, 3.05) is 10.6 Å². The Kier molecular flexibility index (Phi) is 5.36. The third kappa shape index (κ3) is 3.89. The van der Waals surface area contributed by atoms with E-state index in [-0.39, 0.29) is 21.8 Å². The summed E-state index contributed by atoms with van der Waals surface area (Å²) < 4.78 is 30.2. The van der Waals surface area contributed by atoms with Gasteiger partial charge in [-0.2, -0.15) is 0 Å². The van der Waals surface area contributed by atoms with Gasteiger partial charge in [-0.15, -0.1) is 0 Å². The van der Waals surface area contributed by atoms with E-state index in [1.54, 1.807) is 0 Å². The quantitative estimate of drug-likeness (QED) is 0.193. The Labute approximate surface area is 169 Å². The van der Waals surface area contributed by atoms with Crippen molar-refractivity contribution < 1.29 is 18.7 Å². The molecule has 1 aromatic carbocycles. The molecule has 3 unspecified atom stereocenters. The predicted molar refractivity (Wildman–Crippen MR) is 112 cm³/mol. The zero-order valence-corrected chi connectivity index (χ0v) is 17.2. The van der Waals surface area contributed by atoms with Crippen LogP contribution in [0.5, 0.6) is 0 Å². The summed E-state index contributed by atoms with van der Waals surface area (Å²) in [6, 6.07) is 3.65. The van der Waals surface area contributed by atoms with Gasteiger partial charge in [0.2, 0.25) is 13.7 Å². The third-order valence-corrected chi connectivity index (χ3v) is 7.26. The van der Waals surface area contributed by atoms with Crippen LogP contribution in [0.3, 0.4) is 0 Å². The van der Waals surface area contributed by atoms with Crippen molar-refractivity contribution in [3.8, 4) is 0 Å². The number of anilines is 2. The van der Waals surface area contributed by atoms with Crippen LogP contribution in [0.4, 0.5) is 15.9 Å². The average molecular weight is 454 g/mol. The lowest BCUT2D eigenvalue weighted by atomic mass is 9.65. The van der Waals surface area contributed by atoms with E-state index in [0.29, 0.717) is 12.1 Å². The maximum Gasteiger partial charge on any atom is 0.214 e. The number of aliphatic hydroxyl groups is 1. The van der Waals surface area contributed by atoms with E-state index in [1.165, 1.54) is 26.0 Å². The maximum absolute atomic E-state index is 13.3. The second-order valence-corrected chi connectivity index (χ2v) is 10.4. The molecule has 27 heavy (non-hydrogen) atoms. The molecule has 14 heteroatoms. The van der Waals surface area contributed by atoms with Crippen LogP contribution in [0.1, 0.15) is 12.1 Å². The number of hydrogen-bond donors (Lipinski definition) is 4. The summed E-state index contributed by atoms with van der Waals surface area (Å²) in [5.74, 6) is -0.402. The number of halogens is 2. The van der Waals surface area contributed by atoms with E-state index in [1.807, 2.05) is 15.7 Å². The molecule has 4 N–H and O–H groups in total. The Hall–Kier alpha value is -1.50. The highest BCUT2D eigenvalue weighted by molar-refractivity contribution is 9.10. The summed E-state index contributed by atoms with van der Waals surface area (Å²) in [7, 11) is 5.14. The molecule has 1 aliphatic rings. The fourth-order valence-electron chi connectivity index (χ4n) is 3.02. The van der Waals surface area contributed by atoms with Gasteiger partial charge in [0.25, 0.3) is 0 Å². The van der Waals surface area contributed by atoms with Crippen molar-refractivity contribution >= 4 is 68.0 Å². The summed E-state index contributed by atoms with van der Waals surface area (Å²) in [6.07, 6.45) is 0.435. The van der Waals surface area contributed by atoms with Gasteiger partial charge in [-0.05, 0) is 55.6 Å². The molecule has 0 amide bonds. The van der Waals surface area contributed by atoms with Gasteiger partial charge in [-0.25, -0.2) is 9.02 Å². The molecule has 1 aliphatic heterocycles. The van der Waals surface area contributed by atoms with E-state index in [2.05, 4.69) is 36.9 Å². The first-order valence-corrected chi connectivity index (χ1v) is 10.0. The third-order valence-electron chi connectivity index (χ3n) is 4.44. The minimum Gasteiger partial charge on any atom is -0.615 e. The Balaban J connectivity index is 1.78. The lowest BCUT2D eigenvalue weighted by Crippen LogP contribution is -2.50. The smallest absolute Gasteiger partial charge is 0.214 e. The number of benzene rings is 1. The van der Waals surface area contributed by atoms with Gasteiger partial charge in [0.1, 0.15) is 5.82 Å². The van der Waals surface area contributed by atoms with Crippen LogP contribution in [-0.2, 0) is 11.2 Å². The van der Waals surface area contributed by atoms with Crippen LogP contribution in [0, 0.1) is 11.2 Å². The molecule has 0 radical (unpaired) electrons. The molecule has 140 valence electrons. The Morgan fingerprint density at radius 2 is 2.15 bits per heavy atom. The molecule has 8 nitrogen and oxygen atoms in total. The first kappa shape index (κ1) is 20.2. The van der Waals surface area contributed by atoms with Crippen molar-refractivity contribution in [3.63, 3.8) is 0 Å². The highest BCUT2D eigenvalue weighted by Crippen LogP contribution is 2.39. The fraction of sp³-hybridized carbons (Fsp3) is 0.308. The zero-order chi connectivity index (χ0) is 20.0. The van der Waals surface area contributed by atoms with Gasteiger partial charge in [0.05, 0.1) is 15.1 Å². The SMILES string of the molecule is BC1(B)CC(Nc2nonc2C(=N)Nc2ccc(F)c(Br)c2)C(B)(O)[S+]1[O-]. The normalized spacial score (nSPS) is 26.7. The van der Waals surface area contributed by atoms with E-state index in [4.69, 9.17) is 10.0 Å². The molecule has 3 rings (SSSR count). The van der Waals surface area contributed by atoms with Crippen LogP contribution in [0.15, 0.2) is 27.3 Å². The van der Waals surface area contributed by atoms with Crippen LogP contribution in [-0.4, -0.2) is 64.8 Å². The standard InChI is InChI=1S/C13H16B3BrFN5O3S/c14-12(15)4-8(13(16,24)27(12)25)21-11-9(22-26-23-11)10(19)20-5-1-2-7(18)6(17)3-5/h1-3,8,24H,4,14-16H2,(H2,19,20)(H,21,23). The second-order valence-electron chi connectivity index (χ2n) is 7.07. The van der Waals surface area contributed by atoms with E-state index in [0.717, 1.165) is 0 Å². The fourth-order valence-corrected chi connectivity index (χ4v) is 5.24. The predicted octanol–water partition coefficient (Wildman–Crippen LogP) is -1.46.